The van der Waals surface area contributed by atoms with Gasteiger partial charge in [-0.1, -0.05) is 42.5 Å². The van der Waals surface area contributed by atoms with Crippen LogP contribution in [0.3, 0.4) is 0 Å². The Morgan fingerprint density at radius 1 is 1.04 bits per heavy atom. The number of fused-ring (bicyclic) bond motifs is 1. The van der Waals surface area contributed by atoms with Gasteiger partial charge in [0.1, 0.15) is 6.29 Å². The summed E-state index contributed by atoms with van der Waals surface area (Å²) in [6.45, 7) is 6.19. The Hall–Kier alpha value is -1.95. The van der Waals surface area contributed by atoms with Crippen LogP contribution in [0, 0.1) is 5.92 Å². The molecule has 0 spiro atoms. The molecule has 2 aromatic carbocycles. The van der Waals surface area contributed by atoms with E-state index in [1.165, 1.54) is 16.3 Å². The fourth-order valence-electron chi connectivity index (χ4n) is 4.13. The summed E-state index contributed by atoms with van der Waals surface area (Å²) in [4.78, 5) is 17.5. The Morgan fingerprint density at radius 3 is 2.54 bits per heavy atom. The van der Waals surface area contributed by atoms with Gasteiger partial charge < -0.3 is 10.2 Å². The first-order valence-corrected chi connectivity index (χ1v) is 9.57. The molecular formula is C21H28N4O. The quantitative estimate of drug-likeness (QED) is 0.882. The number of likely N-dealkylation sites (N-methyl/N-ethyl adjacent to an activating group) is 1. The van der Waals surface area contributed by atoms with Crippen LogP contribution >= 0.6 is 0 Å². The van der Waals surface area contributed by atoms with Crippen LogP contribution in [0.1, 0.15) is 12.5 Å². The summed E-state index contributed by atoms with van der Waals surface area (Å²) >= 11 is 0. The highest BCUT2D eigenvalue weighted by Gasteiger charge is 2.36. The molecule has 0 aliphatic carbocycles. The topological polar surface area (TPSA) is 47.6 Å². The van der Waals surface area contributed by atoms with Crippen LogP contribution in [0.25, 0.3) is 10.8 Å². The van der Waals surface area contributed by atoms with E-state index in [1.54, 1.807) is 0 Å². The molecule has 0 saturated carbocycles. The highest BCUT2D eigenvalue weighted by molar-refractivity contribution is 5.87. The maximum atomic E-state index is 12.9. The van der Waals surface area contributed by atoms with E-state index in [2.05, 4.69) is 76.9 Å². The van der Waals surface area contributed by atoms with Crippen molar-refractivity contribution in [2.24, 2.45) is 5.92 Å². The zero-order valence-corrected chi connectivity index (χ0v) is 15.6. The van der Waals surface area contributed by atoms with Crippen molar-refractivity contribution in [3.8, 4) is 0 Å². The van der Waals surface area contributed by atoms with Gasteiger partial charge in [0.05, 0.1) is 5.92 Å². The van der Waals surface area contributed by atoms with Crippen molar-refractivity contribution in [3.63, 3.8) is 0 Å². The molecule has 4 rings (SSSR count). The van der Waals surface area contributed by atoms with Crippen molar-refractivity contribution in [2.75, 3.05) is 33.2 Å². The molecule has 0 bridgehead atoms. The summed E-state index contributed by atoms with van der Waals surface area (Å²) in [6.07, 6.45) is 0.714. The molecule has 3 unspecified atom stereocenters. The largest absolute Gasteiger partial charge is 0.328 e. The molecule has 2 fully saturated rings. The SMILES string of the molecule is CC1NC(N2CCN(C)CC2)NC(=O)C1Cc1cccc2ccccc12. The summed E-state index contributed by atoms with van der Waals surface area (Å²) in [7, 11) is 2.15. The summed E-state index contributed by atoms with van der Waals surface area (Å²) in [5.74, 6) is 0.109. The van der Waals surface area contributed by atoms with E-state index in [9.17, 15) is 4.79 Å². The zero-order valence-electron chi connectivity index (χ0n) is 15.6. The normalized spacial score (nSPS) is 28.2. The van der Waals surface area contributed by atoms with Crippen molar-refractivity contribution >= 4 is 16.7 Å². The predicted octanol–water partition coefficient (Wildman–Crippen LogP) is 1.64. The molecule has 5 heteroatoms. The van der Waals surface area contributed by atoms with E-state index in [0.29, 0.717) is 0 Å². The fraction of sp³-hybridized carbons (Fsp3) is 0.476. The molecule has 2 aliphatic heterocycles. The minimum absolute atomic E-state index is 0.0463. The van der Waals surface area contributed by atoms with Crippen LogP contribution in [0.15, 0.2) is 42.5 Å². The van der Waals surface area contributed by atoms with Gasteiger partial charge in [0, 0.05) is 32.2 Å². The van der Waals surface area contributed by atoms with Crippen LogP contribution in [0.4, 0.5) is 0 Å². The lowest BCUT2D eigenvalue weighted by Crippen LogP contribution is -2.68. The second-order valence-corrected chi connectivity index (χ2v) is 7.65. The number of piperazine rings is 1. The first-order valence-electron chi connectivity index (χ1n) is 9.57. The number of carbonyl (C=O) groups excluding carboxylic acids is 1. The Morgan fingerprint density at radius 2 is 1.77 bits per heavy atom. The summed E-state index contributed by atoms with van der Waals surface area (Å²) in [6, 6.07) is 14.9. The van der Waals surface area contributed by atoms with Gasteiger partial charge in [-0.3, -0.25) is 15.0 Å². The lowest BCUT2D eigenvalue weighted by Gasteiger charge is -2.44. The molecule has 1 amide bonds. The minimum Gasteiger partial charge on any atom is -0.328 e. The van der Waals surface area contributed by atoms with Gasteiger partial charge in [-0.15, -0.1) is 0 Å². The van der Waals surface area contributed by atoms with Gasteiger partial charge in [0.25, 0.3) is 0 Å². The highest BCUT2D eigenvalue weighted by Crippen LogP contribution is 2.24. The van der Waals surface area contributed by atoms with Gasteiger partial charge >= 0.3 is 0 Å². The number of nitrogens with one attached hydrogen (secondary N) is 2. The van der Waals surface area contributed by atoms with Crippen LogP contribution in [0.2, 0.25) is 0 Å². The van der Waals surface area contributed by atoms with Crippen LogP contribution in [0.5, 0.6) is 0 Å². The molecule has 2 aliphatic rings. The molecule has 2 saturated heterocycles. The highest BCUT2D eigenvalue weighted by atomic mass is 16.2. The van der Waals surface area contributed by atoms with E-state index in [0.717, 1.165) is 32.6 Å². The van der Waals surface area contributed by atoms with Crippen LogP contribution in [-0.2, 0) is 11.2 Å². The van der Waals surface area contributed by atoms with E-state index in [-0.39, 0.29) is 24.2 Å². The third kappa shape index (κ3) is 3.47. The first-order chi connectivity index (χ1) is 12.6. The smallest absolute Gasteiger partial charge is 0.227 e. The zero-order chi connectivity index (χ0) is 18.1. The molecule has 0 radical (unpaired) electrons. The third-order valence-electron chi connectivity index (χ3n) is 5.86. The molecule has 2 aromatic rings. The standard InChI is InChI=1S/C21H28N4O/c1-15-19(14-17-8-5-7-16-6-3-4-9-18(16)17)20(26)23-21(22-15)25-12-10-24(2)11-13-25/h3-9,15,19,21-22H,10-14H2,1-2H3,(H,23,26). The number of amides is 1. The van der Waals surface area contributed by atoms with Crippen molar-refractivity contribution in [2.45, 2.75) is 25.7 Å². The Balaban J connectivity index is 1.47. The fourth-order valence-corrected chi connectivity index (χ4v) is 4.13. The molecule has 138 valence electrons. The molecule has 2 heterocycles. The lowest BCUT2D eigenvalue weighted by molar-refractivity contribution is -0.132. The Kier molecular flexibility index (Phi) is 4.94. The number of nitrogens with zero attached hydrogens (tertiary/aromatic N) is 2. The van der Waals surface area contributed by atoms with Gasteiger partial charge in [0.2, 0.25) is 5.91 Å². The molecule has 5 nitrogen and oxygen atoms in total. The van der Waals surface area contributed by atoms with E-state index in [4.69, 9.17) is 0 Å². The number of benzene rings is 2. The molecular weight excluding hydrogens is 324 g/mol. The van der Waals surface area contributed by atoms with E-state index >= 15 is 0 Å². The minimum atomic E-state index is -0.0514. The van der Waals surface area contributed by atoms with Crippen LogP contribution < -0.4 is 10.6 Å². The predicted molar refractivity (Wildman–Crippen MR) is 105 cm³/mol. The van der Waals surface area contributed by atoms with Gasteiger partial charge in [-0.25, -0.2) is 0 Å². The van der Waals surface area contributed by atoms with Gasteiger partial charge in [-0.05, 0) is 36.7 Å². The second-order valence-electron chi connectivity index (χ2n) is 7.65. The number of hydrogen-bond donors (Lipinski definition) is 2. The van der Waals surface area contributed by atoms with E-state index in [1.807, 2.05) is 0 Å². The number of carbonyl (C=O) groups is 1. The lowest BCUT2D eigenvalue weighted by atomic mass is 9.88. The van der Waals surface area contributed by atoms with Gasteiger partial charge in [0.15, 0.2) is 0 Å². The number of rotatable bonds is 3. The average molecular weight is 352 g/mol. The maximum absolute atomic E-state index is 12.9. The molecule has 2 N–H and O–H groups in total. The molecule has 0 aromatic heterocycles. The number of hydrogen-bond acceptors (Lipinski definition) is 4. The monoisotopic (exact) mass is 352 g/mol. The van der Waals surface area contributed by atoms with Crippen molar-refractivity contribution < 1.29 is 4.79 Å². The van der Waals surface area contributed by atoms with E-state index < -0.39 is 0 Å². The maximum Gasteiger partial charge on any atom is 0.227 e. The van der Waals surface area contributed by atoms with Gasteiger partial charge in [-0.2, -0.15) is 0 Å². The van der Waals surface area contributed by atoms with Crippen molar-refractivity contribution in [1.82, 2.24) is 20.4 Å². The second kappa shape index (κ2) is 7.35. The summed E-state index contributed by atoms with van der Waals surface area (Å²) in [5.41, 5.74) is 1.25. The Labute approximate surface area is 155 Å². The summed E-state index contributed by atoms with van der Waals surface area (Å²) in [5, 5.41) is 9.31. The first kappa shape index (κ1) is 17.5. The Bertz CT molecular complexity index is 779. The van der Waals surface area contributed by atoms with Crippen LogP contribution in [-0.4, -0.2) is 61.3 Å². The molecule has 3 atom stereocenters. The van der Waals surface area contributed by atoms with Crippen molar-refractivity contribution in [1.29, 1.82) is 0 Å². The summed E-state index contributed by atoms with van der Waals surface area (Å²) < 4.78 is 0. The van der Waals surface area contributed by atoms with Crippen molar-refractivity contribution in [3.05, 3.63) is 48.0 Å². The third-order valence-corrected chi connectivity index (χ3v) is 5.86. The average Bonchev–Trinajstić information content (AvgIpc) is 2.65. The molecule has 26 heavy (non-hydrogen) atoms.